The number of carbonyl (C=O) groups excluding carboxylic acids is 1. The van der Waals surface area contributed by atoms with Crippen LogP contribution in [0, 0.1) is 6.92 Å². The Labute approximate surface area is 179 Å². The Balaban J connectivity index is 1.37. The van der Waals surface area contributed by atoms with Crippen molar-refractivity contribution in [2.75, 3.05) is 37.6 Å². The summed E-state index contributed by atoms with van der Waals surface area (Å²) in [7, 11) is 0. The van der Waals surface area contributed by atoms with Crippen LogP contribution >= 0.6 is 0 Å². The maximum Gasteiger partial charge on any atom is 0.234 e. The van der Waals surface area contributed by atoms with Gasteiger partial charge >= 0.3 is 0 Å². The quantitative estimate of drug-likeness (QED) is 0.680. The molecule has 4 heteroatoms. The molecule has 3 aromatic carbocycles. The average molecular weight is 400 g/mol. The highest BCUT2D eigenvalue weighted by Gasteiger charge is 2.22. The van der Waals surface area contributed by atoms with E-state index in [1.54, 1.807) is 0 Å². The van der Waals surface area contributed by atoms with Crippen molar-refractivity contribution in [2.24, 2.45) is 0 Å². The number of nitrogens with one attached hydrogen (secondary N) is 1. The van der Waals surface area contributed by atoms with Crippen LogP contribution in [-0.2, 0) is 4.79 Å². The van der Waals surface area contributed by atoms with Crippen molar-refractivity contribution < 1.29 is 4.79 Å². The van der Waals surface area contributed by atoms with E-state index in [4.69, 9.17) is 0 Å². The van der Waals surface area contributed by atoms with Crippen molar-refractivity contribution >= 4 is 11.6 Å². The first-order chi connectivity index (χ1) is 14.7. The molecule has 3 aromatic rings. The summed E-state index contributed by atoms with van der Waals surface area (Å²) in [5.74, 6) is 0.0667. The second kappa shape index (κ2) is 9.59. The number of rotatable bonds is 6. The molecule has 0 bridgehead atoms. The van der Waals surface area contributed by atoms with Crippen LogP contribution < -0.4 is 10.2 Å². The van der Waals surface area contributed by atoms with E-state index in [-0.39, 0.29) is 11.9 Å². The van der Waals surface area contributed by atoms with E-state index >= 15 is 0 Å². The highest BCUT2D eigenvalue weighted by atomic mass is 16.2. The molecule has 1 aliphatic heterocycles. The normalized spacial score (nSPS) is 14.7. The lowest BCUT2D eigenvalue weighted by molar-refractivity contribution is -0.122. The third-order valence-electron chi connectivity index (χ3n) is 5.77. The van der Waals surface area contributed by atoms with Gasteiger partial charge in [-0.15, -0.1) is 0 Å². The lowest BCUT2D eigenvalue weighted by Crippen LogP contribution is -2.50. The molecule has 4 rings (SSSR count). The highest BCUT2D eigenvalue weighted by Crippen LogP contribution is 2.23. The maximum atomic E-state index is 12.9. The Bertz CT molecular complexity index is 911. The van der Waals surface area contributed by atoms with Gasteiger partial charge in [-0.3, -0.25) is 9.69 Å². The van der Waals surface area contributed by atoms with Gasteiger partial charge in [0.25, 0.3) is 0 Å². The molecule has 30 heavy (non-hydrogen) atoms. The van der Waals surface area contributed by atoms with Crippen molar-refractivity contribution in [1.29, 1.82) is 0 Å². The van der Waals surface area contributed by atoms with Crippen molar-refractivity contribution in [2.45, 2.75) is 13.0 Å². The molecule has 0 unspecified atom stereocenters. The number of carbonyl (C=O) groups is 1. The van der Waals surface area contributed by atoms with Crippen LogP contribution in [0.1, 0.15) is 22.7 Å². The number of benzene rings is 3. The molecule has 1 amide bonds. The number of anilines is 1. The van der Waals surface area contributed by atoms with Crippen molar-refractivity contribution in [3.8, 4) is 0 Å². The Hall–Kier alpha value is -3.11. The summed E-state index contributed by atoms with van der Waals surface area (Å²) in [6, 6.07) is 28.7. The van der Waals surface area contributed by atoms with Crippen LogP contribution in [-0.4, -0.2) is 43.5 Å². The zero-order valence-corrected chi connectivity index (χ0v) is 17.5. The first kappa shape index (κ1) is 20.2. The lowest BCUT2D eigenvalue weighted by Gasteiger charge is -2.36. The van der Waals surface area contributed by atoms with Crippen LogP contribution in [0.2, 0.25) is 0 Å². The summed E-state index contributed by atoms with van der Waals surface area (Å²) in [5.41, 5.74) is 4.80. The van der Waals surface area contributed by atoms with Gasteiger partial charge in [0.2, 0.25) is 5.91 Å². The number of piperazine rings is 1. The molecular formula is C26H29N3O. The molecule has 4 nitrogen and oxygen atoms in total. The predicted molar refractivity (Wildman–Crippen MR) is 123 cm³/mol. The topological polar surface area (TPSA) is 35.6 Å². The van der Waals surface area contributed by atoms with Crippen molar-refractivity contribution in [3.63, 3.8) is 0 Å². The van der Waals surface area contributed by atoms with Gasteiger partial charge in [-0.2, -0.15) is 0 Å². The van der Waals surface area contributed by atoms with E-state index in [1.807, 2.05) is 36.4 Å². The van der Waals surface area contributed by atoms with E-state index in [0.717, 1.165) is 37.3 Å². The molecule has 1 heterocycles. The van der Waals surface area contributed by atoms with Gasteiger partial charge in [0.05, 0.1) is 12.6 Å². The monoisotopic (exact) mass is 399 g/mol. The second-order valence-electron chi connectivity index (χ2n) is 7.87. The van der Waals surface area contributed by atoms with Gasteiger partial charge in [-0.1, -0.05) is 78.9 Å². The lowest BCUT2D eigenvalue weighted by atomic mass is 9.99. The number of para-hydroxylation sites is 1. The van der Waals surface area contributed by atoms with Gasteiger partial charge in [0.15, 0.2) is 0 Å². The Morgan fingerprint density at radius 3 is 1.90 bits per heavy atom. The zero-order chi connectivity index (χ0) is 20.8. The molecule has 0 aliphatic carbocycles. The van der Waals surface area contributed by atoms with Gasteiger partial charge in [0, 0.05) is 31.9 Å². The summed E-state index contributed by atoms with van der Waals surface area (Å²) in [5, 5.41) is 3.25. The fraction of sp³-hybridized carbons (Fsp3) is 0.269. The Morgan fingerprint density at radius 2 is 1.33 bits per heavy atom. The van der Waals surface area contributed by atoms with E-state index in [2.05, 4.69) is 70.6 Å². The second-order valence-corrected chi connectivity index (χ2v) is 7.87. The molecule has 1 aliphatic rings. The number of nitrogens with zero attached hydrogens (tertiary/aromatic N) is 2. The minimum absolute atomic E-state index is 0.0667. The molecule has 154 valence electrons. The zero-order valence-electron chi connectivity index (χ0n) is 17.5. The molecule has 0 atom stereocenters. The molecular weight excluding hydrogens is 370 g/mol. The maximum absolute atomic E-state index is 12.9. The van der Waals surface area contributed by atoms with E-state index in [9.17, 15) is 4.79 Å². The average Bonchev–Trinajstić information content (AvgIpc) is 2.80. The van der Waals surface area contributed by atoms with Crippen LogP contribution in [0.4, 0.5) is 5.69 Å². The number of amides is 1. The molecule has 0 spiro atoms. The third-order valence-corrected chi connectivity index (χ3v) is 5.77. The van der Waals surface area contributed by atoms with Crippen LogP contribution in [0.3, 0.4) is 0 Å². The largest absolute Gasteiger partial charge is 0.369 e. The van der Waals surface area contributed by atoms with Crippen LogP contribution in [0.5, 0.6) is 0 Å². The number of aryl methyl sites for hydroxylation is 1. The smallest absolute Gasteiger partial charge is 0.234 e. The highest BCUT2D eigenvalue weighted by molar-refractivity contribution is 5.79. The number of hydrogen-bond donors (Lipinski definition) is 1. The molecule has 1 N–H and O–H groups in total. The summed E-state index contributed by atoms with van der Waals surface area (Å²) in [4.78, 5) is 17.6. The first-order valence-electron chi connectivity index (χ1n) is 10.6. The van der Waals surface area contributed by atoms with Gasteiger partial charge in [0.1, 0.15) is 0 Å². The fourth-order valence-electron chi connectivity index (χ4n) is 4.12. The molecule has 0 aromatic heterocycles. The van der Waals surface area contributed by atoms with E-state index in [1.165, 1.54) is 11.3 Å². The molecule has 0 saturated carbocycles. The Morgan fingerprint density at radius 1 is 0.800 bits per heavy atom. The molecule has 1 saturated heterocycles. The summed E-state index contributed by atoms with van der Waals surface area (Å²) >= 11 is 0. The summed E-state index contributed by atoms with van der Waals surface area (Å²) < 4.78 is 0. The SMILES string of the molecule is Cc1ccccc1N1CCN(CC(=O)NC(c2ccccc2)c2ccccc2)CC1. The van der Waals surface area contributed by atoms with Gasteiger partial charge in [-0.25, -0.2) is 0 Å². The minimum Gasteiger partial charge on any atom is -0.369 e. The van der Waals surface area contributed by atoms with Crippen molar-refractivity contribution in [3.05, 3.63) is 102 Å². The Kier molecular flexibility index (Phi) is 6.45. The summed E-state index contributed by atoms with van der Waals surface area (Å²) in [6.07, 6.45) is 0. The first-order valence-corrected chi connectivity index (χ1v) is 10.6. The van der Waals surface area contributed by atoms with Gasteiger partial charge in [-0.05, 0) is 29.7 Å². The van der Waals surface area contributed by atoms with E-state index in [0.29, 0.717) is 6.54 Å². The van der Waals surface area contributed by atoms with Crippen molar-refractivity contribution in [1.82, 2.24) is 10.2 Å². The van der Waals surface area contributed by atoms with E-state index < -0.39 is 0 Å². The molecule has 0 radical (unpaired) electrons. The third kappa shape index (κ3) is 4.89. The van der Waals surface area contributed by atoms with Crippen LogP contribution in [0.25, 0.3) is 0 Å². The van der Waals surface area contributed by atoms with Crippen LogP contribution in [0.15, 0.2) is 84.9 Å². The fourth-order valence-corrected chi connectivity index (χ4v) is 4.12. The van der Waals surface area contributed by atoms with Gasteiger partial charge < -0.3 is 10.2 Å². The predicted octanol–water partition coefficient (Wildman–Crippen LogP) is 4.02. The summed E-state index contributed by atoms with van der Waals surface area (Å²) in [6.45, 7) is 6.25. The molecule has 1 fully saturated rings. The minimum atomic E-state index is -0.131. The standard InChI is InChI=1S/C26H29N3O/c1-21-10-8-9-15-24(21)29-18-16-28(17-19-29)20-25(30)27-26(22-11-4-2-5-12-22)23-13-6-3-7-14-23/h2-15,26H,16-20H2,1H3,(H,27,30). The number of hydrogen-bond acceptors (Lipinski definition) is 3.